The van der Waals surface area contributed by atoms with Crippen molar-refractivity contribution in [2.24, 2.45) is 4.99 Å². The van der Waals surface area contributed by atoms with E-state index in [1.54, 1.807) is 6.26 Å². The molecule has 3 heteroatoms. The fourth-order valence-corrected chi connectivity index (χ4v) is 2.60. The largest absolute Gasteiger partial charge is 0.461 e. The Balaban J connectivity index is 2.05. The van der Waals surface area contributed by atoms with Gasteiger partial charge < -0.3 is 9.32 Å². The van der Waals surface area contributed by atoms with Crippen molar-refractivity contribution in [1.82, 2.24) is 0 Å². The molecule has 1 aliphatic heterocycles. The first-order valence-electron chi connectivity index (χ1n) is 6.22. The molecule has 1 aromatic heterocycles. The van der Waals surface area contributed by atoms with Crippen LogP contribution in [0.3, 0.4) is 0 Å². The molecule has 0 bridgehead atoms. The number of furan rings is 1. The number of anilines is 1. The van der Waals surface area contributed by atoms with Crippen LogP contribution >= 0.6 is 0 Å². The van der Waals surface area contributed by atoms with Crippen LogP contribution in [0.2, 0.25) is 0 Å². The van der Waals surface area contributed by atoms with Crippen LogP contribution in [0.1, 0.15) is 5.76 Å². The van der Waals surface area contributed by atoms with E-state index >= 15 is 0 Å². The monoisotopic (exact) mass is 248 g/mol. The maximum atomic E-state index is 5.48. The average molecular weight is 248 g/mol. The van der Waals surface area contributed by atoms with Crippen molar-refractivity contribution in [1.29, 1.82) is 0 Å². The second-order valence-corrected chi connectivity index (χ2v) is 4.62. The van der Waals surface area contributed by atoms with Gasteiger partial charge in [0.05, 0.1) is 17.6 Å². The number of hydrogen-bond acceptors (Lipinski definition) is 3. The normalized spacial score (nSPS) is 13.7. The SMILES string of the molecule is CN1C(c2ccco2)=Nc2cccc3cccc1c23. The number of amidine groups is 1. The van der Waals surface area contributed by atoms with Crippen molar-refractivity contribution in [3.05, 3.63) is 60.6 Å². The molecular weight excluding hydrogens is 236 g/mol. The van der Waals surface area contributed by atoms with Crippen molar-refractivity contribution >= 4 is 28.0 Å². The molecule has 0 N–H and O–H groups in total. The van der Waals surface area contributed by atoms with Crippen LogP contribution in [0.15, 0.2) is 64.2 Å². The topological polar surface area (TPSA) is 28.7 Å². The van der Waals surface area contributed by atoms with E-state index < -0.39 is 0 Å². The van der Waals surface area contributed by atoms with Gasteiger partial charge in [-0.25, -0.2) is 4.99 Å². The van der Waals surface area contributed by atoms with Gasteiger partial charge in [0.15, 0.2) is 11.6 Å². The summed E-state index contributed by atoms with van der Waals surface area (Å²) in [5, 5.41) is 2.41. The molecule has 2 aromatic carbocycles. The fraction of sp³-hybridized carbons (Fsp3) is 0.0625. The number of nitrogens with zero attached hydrogens (tertiary/aromatic N) is 2. The number of hydrogen-bond donors (Lipinski definition) is 0. The molecule has 0 spiro atoms. The maximum Gasteiger partial charge on any atom is 0.176 e. The summed E-state index contributed by atoms with van der Waals surface area (Å²) in [4.78, 5) is 6.81. The van der Waals surface area contributed by atoms with Gasteiger partial charge in [0.25, 0.3) is 0 Å². The van der Waals surface area contributed by atoms with Crippen LogP contribution in [0.5, 0.6) is 0 Å². The maximum absolute atomic E-state index is 5.48. The van der Waals surface area contributed by atoms with Crippen LogP contribution in [0.4, 0.5) is 11.4 Å². The van der Waals surface area contributed by atoms with E-state index in [2.05, 4.69) is 29.2 Å². The predicted octanol–water partition coefficient (Wildman–Crippen LogP) is 3.96. The molecule has 0 amide bonds. The van der Waals surface area contributed by atoms with Gasteiger partial charge in [-0.1, -0.05) is 24.3 Å². The Morgan fingerprint density at radius 3 is 2.63 bits per heavy atom. The third-order valence-electron chi connectivity index (χ3n) is 3.51. The third kappa shape index (κ3) is 1.41. The van der Waals surface area contributed by atoms with Crippen molar-refractivity contribution in [3.8, 4) is 0 Å². The molecule has 4 rings (SSSR count). The average Bonchev–Trinajstić information content (AvgIpc) is 2.97. The highest BCUT2D eigenvalue weighted by Crippen LogP contribution is 2.38. The zero-order valence-electron chi connectivity index (χ0n) is 10.5. The molecule has 3 nitrogen and oxygen atoms in total. The van der Waals surface area contributed by atoms with E-state index in [-0.39, 0.29) is 0 Å². The van der Waals surface area contributed by atoms with Crippen molar-refractivity contribution in [2.75, 3.05) is 11.9 Å². The summed E-state index contributed by atoms with van der Waals surface area (Å²) in [6, 6.07) is 16.3. The van der Waals surface area contributed by atoms with Gasteiger partial charge in [-0.2, -0.15) is 0 Å². The van der Waals surface area contributed by atoms with E-state index in [4.69, 9.17) is 9.41 Å². The quantitative estimate of drug-likeness (QED) is 0.652. The van der Waals surface area contributed by atoms with Gasteiger partial charge in [0.2, 0.25) is 0 Å². The Kier molecular flexibility index (Phi) is 2.03. The van der Waals surface area contributed by atoms with E-state index in [1.165, 1.54) is 10.8 Å². The molecule has 0 radical (unpaired) electrons. The first-order valence-corrected chi connectivity index (χ1v) is 6.22. The molecule has 0 unspecified atom stereocenters. The molecule has 0 atom stereocenters. The Labute approximate surface area is 110 Å². The van der Waals surface area contributed by atoms with E-state index in [0.29, 0.717) is 0 Å². The van der Waals surface area contributed by atoms with Gasteiger partial charge in [-0.3, -0.25) is 0 Å². The van der Waals surface area contributed by atoms with Gasteiger partial charge >= 0.3 is 0 Å². The molecule has 0 saturated heterocycles. The lowest BCUT2D eigenvalue weighted by atomic mass is 10.0. The van der Waals surface area contributed by atoms with Gasteiger partial charge in [0.1, 0.15) is 0 Å². The molecule has 1 aliphatic rings. The third-order valence-corrected chi connectivity index (χ3v) is 3.51. The highest BCUT2D eigenvalue weighted by Gasteiger charge is 2.22. The van der Waals surface area contributed by atoms with Crippen molar-refractivity contribution < 1.29 is 4.42 Å². The lowest BCUT2D eigenvalue weighted by Crippen LogP contribution is -2.28. The van der Waals surface area contributed by atoms with Crippen LogP contribution in [-0.4, -0.2) is 12.9 Å². The Hall–Kier alpha value is -2.55. The molecule has 2 heterocycles. The lowest BCUT2D eigenvalue weighted by Gasteiger charge is -2.26. The minimum atomic E-state index is 0.786. The molecule has 92 valence electrons. The minimum Gasteiger partial charge on any atom is -0.461 e. The molecular formula is C16H12N2O. The Morgan fingerprint density at radius 1 is 1.00 bits per heavy atom. The summed E-state index contributed by atoms with van der Waals surface area (Å²) in [6.07, 6.45) is 1.67. The van der Waals surface area contributed by atoms with Gasteiger partial charge in [-0.05, 0) is 29.7 Å². The Morgan fingerprint density at radius 2 is 1.84 bits per heavy atom. The smallest absolute Gasteiger partial charge is 0.176 e. The second-order valence-electron chi connectivity index (χ2n) is 4.62. The van der Waals surface area contributed by atoms with Crippen LogP contribution < -0.4 is 4.90 Å². The Bertz CT molecular complexity index is 782. The summed E-state index contributed by atoms with van der Waals surface area (Å²) in [5.74, 6) is 1.63. The zero-order chi connectivity index (χ0) is 12.8. The summed E-state index contributed by atoms with van der Waals surface area (Å²) >= 11 is 0. The molecule has 19 heavy (non-hydrogen) atoms. The number of rotatable bonds is 1. The van der Waals surface area contributed by atoms with Crippen LogP contribution in [0.25, 0.3) is 10.8 Å². The van der Waals surface area contributed by atoms with Crippen molar-refractivity contribution in [2.45, 2.75) is 0 Å². The lowest BCUT2D eigenvalue weighted by molar-refractivity contribution is 0.556. The summed E-state index contributed by atoms with van der Waals surface area (Å²) in [5.41, 5.74) is 2.16. The molecule has 3 aromatic rings. The van der Waals surface area contributed by atoms with Crippen LogP contribution in [0, 0.1) is 0 Å². The number of aliphatic imine (C=N–C) groups is 1. The molecule has 0 saturated carbocycles. The molecule has 0 fully saturated rings. The summed E-state index contributed by atoms with van der Waals surface area (Å²) in [7, 11) is 2.02. The van der Waals surface area contributed by atoms with Crippen LogP contribution in [-0.2, 0) is 0 Å². The first-order chi connectivity index (χ1) is 9.34. The fourth-order valence-electron chi connectivity index (χ4n) is 2.60. The second kappa shape index (κ2) is 3.72. The summed E-state index contributed by atoms with van der Waals surface area (Å²) in [6.45, 7) is 0. The molecule has 0 aliphatic carbocycles. The number of benzene rings is 2. The van der Waals surface area contributed by atoms with Gasteiger partial charge in [-0.15, -0.1) is 0 Å². The van der Waals surface area contributed by atoms with Gasteiger partial charge in [0, 0.05) is 12.4 Å². The standard InChI is InChI=1S/C16H12N2O/c1-18-13-8-3-6-11-5-2-7-12(15(11)13)17-16(18)14-9-4-10-19-14/h2-10H,1H3. The minimum absolute atomic E-state index is 0.786. The highest BCUT2D eigenvalue weighted by molar-refractivity contribution is 6.19. The van der Waals surface area contributed by atoms with E-state index in [9.17, 15) is 0 Å². The zero-order valence-corrected chi connectivity index (χ0v) is 10.5. The summed E-state index contributed by atoms with van der Waals surface area (Å²) < 4.78 is 5.48. The van der Waals surface area contributed by atoms with E-state index in [1.807, 2.05) is 31.3 Å². The van der Waals surface area contributed by atoms with E-state index in [0.717, 1.165) is 23.0 Å². The van der Waals surface area contributed by atoms with Crippen molar-refractivity contribution in [3.63, 3.8) is 0 Å². The highest BCUT2D eigenvalue weighted by atomic mass is 16.3. The first kappa shape index (κ1) is 10.4. The predicted molar refractivity (Wildman–Crippen MR) is 77.3 cm³/mol.